The van der Waals surface area contributed by atoms with Crippen LogP contribution in [0.4, 0.5) is 0 Å². The summed E-state index contributed by atoms with van der Waals surface area (Å²) in [6.45, 7) is 5.08. The molecule has 0 heterocycles. The molecule has 2 nitrogen and oxygen atoms in total. The second-order valence-electron chi connectivity index (χ2n) is 2.44. The van der Waals surface area contributed by atoms with Crippen LogP contribution >= 0.6 is 0 Å². The molecule has 0 aliphatic rings. The lowest BCUT2D eigenvalue weighted by molar-refractivity contribution is 0.163. The van der Waals surface area contributed by atoms with Gasteiger partial charge in [0.1, 0.15) is 0 Å². The summed E-state index contributed by atoms with van der Waals surface area (Å²) in [4.78, 5) is 0. The monoisotopic (exact) mass is 117 g/mol. The molecule has 0 spiro atoms. The first kappa shape index (κ1) is 7.92. The van der Waals surface area contributed by atoms with Crippen molar-refractivity contribution in [3.63, 3.8) is 0 Å². The van der Waals surface area contributed by atoms with Gasteiger partial charge in [-0.05, 0) is 18.8 Å². The third-order valence-corrected chi connectivity index (χ3v) is 1.07. The maximum atomic E-state index is 8.13. The molecule has 0 unspecified atom stereocenters. The van der Waals surface area contributed by atoms with Crippen LogP contribution in [0.15, 0.2) is 0 Å². The second kappa shape index (κ2) is 5.06. The van der Waals surface area contributed by atoms with Crippen molar-refractivity contribution in [2.75, 3.05) is 6.54 Å². The van der Waals surface area contributed by atoms with Crippen LogP contribution in [0.2, 0.25) is 0 Å². The lowest BCUT2D eigenvalue weighted by atomic mass is 10.1. The van der Waals surface area contributed by atoms with Crippen molar-refractivity contribution < 1.29 is 5.21 Å². The summed E-state index contributed by atoms with van der Waals surface area (Å²) in [5.74, 6) is 0.753. The van der Waals surface area contributed by atoms with E-state index in [2.05, 4.69) is 19.3 Å². The van der Waals surface area contributed by atoms with Gasteiger partial charge in [-0.1, -0.05) is 13.8 Å². The van der Waals surface area contributed by atoms with Crippen LogP contribution in [0.25, 0.3) is 0 Å². The van der Waals surface area contributed by atoms with Gasteiger partial charge in [0.25, 0.3) is 0 Å². The maximum absolute atomic E-state index is 8.13. The fraction of sp³-hybridized carbons (Fsp3) is 1.00. The second-order valence-corrected chi connectivity index (χ2v) is 2.44. The molecule has 8 heavy (non-hydrogen) atoms. The third-order valence-electron chi connectivity index (χ3n) is 1.07. The standard InChI is InChI=1S/C6H15NO/c1-6(2)4-3-5-7-8/h6-8H,3-5H2,1-2H3. The Balaban J connectivity index is 2.72. The van der Waals surface area contributed by atoms with Gasteiger partial charge in [-0.3, -0.25) is 0 Å². The first-order valence-electron chi connectivity index (χ1n) is 3.14. The summed E-state index contributed by atoms with van der Waals surface area (Å²) in [7, 11) is 0. The van der Waals surface area contributed by atoms with E-state index in [9.17, 15) is 0 Å². The zero-order chi connectivity index (χ0) is 6.41. The van der Waals surface area contributed by atoms with Crippen molar-refractivity contribution in [1.82, 2.24) is 5.48 Å². The van der Waals surface area contributed by atoms with Crippen LogP contribution in [0.1, 0.15) is 26.7 Å². The van der Waals surface area contributed by atoms with E-state index >= 15 is 0 Å². The molecule has 0 aromatic carbocycles. The molecular weight excluding hydrogens is 102 g/mol. The fourth-order valence-electron chi connectivity index (χ4n) is 0.589. The van der Waals surface area contributed by atoms with Gasteiger partial charge in [-0.25, -0.2) is 5.48 Å². The van der Waals surface area contributed by atoms with Crippen LogP contribution in [0.3, 0.4) is 0 Å². The van der Waals surface area contributed by atoms with Crippen molar-refractivity contribution in [3.05, 3.63) is 0 Å². The predicted octanol–water partition coefficient (Wildman–Crippen LogP) is 1.40. The molecule has 0 saturated heterocycles. The molecule has 0 aliphatic carbocycles. The van der Waals surface area contributed by atoms with Crippen LogP contribution in [-0.2, 0) is 0 Å². The highest BCUT2D eigenvalue weighted by atomic mass is 16.5. The van der Waals surface area contributed by atoms with Crippen molar-refractivity contribution in [1.29, 1.82) is 0 Å². The van der Waals surface area contributed by atoms with Gasteiger partial charge in [0, 0.05) is 6.54 Å². The zero-order valence-corrected chi connectivity index (χ0v) is 5.65. The average molecular weight is 117 g/mol. The molecule has 0 aliphatic heterocycles. The van der Waals surface area contributed by atoms with E-state index in [0.717, 1.165) is 18.9 Å². The number of nitrogens with one attached hydrogen (secondary N) is 1. The van der Waals surface area contributed by atoms with E-state index < -0.39 is 0 Å². The Hall–Kier alpha value is -0.0800. The molecule has 2 N–H and O–H groups in total. The summed E-state index contributed by atoms with van der Waals surface area (Å²) < 4.78 is 0. The molecule has 50 valence electrons. The molecule has 0 amide bonds. The smallest absolute Gasteiger partial charge is 0.0207 e. The van der Waals surface area contributed by atoms with E-state index in [1.807, 2.05) is 0 Å². The Labute approximate surface area is 50.9 Å². The maximum Gasteiger partial charge on any atom is 0.0207 e. The molecule has 0 aromatic rings. The predicted molar refractivity (Wildman–Crippen MR) is 33.9 cm³/mol. The van der Waals surface area contributed by atoms with Gasteiger partial charge in [0.2, 0.25) is 0 Å². The van der Waals surface area contributed by atoms with Gasteiger partial charge < -0.3 is 5.21 Å². The Morgan fingerprint density at radius 2 is 2.12 bits per heavy atom. The van der Waals surface area contributed by atoms with Crippen molar-refractivity contribution in [2.24, 2.45) is 5.92 Å². The van der Waals surface area contributed by atoms with E-state index in [0.29, 0.717) is 0 Å². The van der Waals surface area contributed by atoms with E-state index in [-0.39, 0.29) is 0 Å². The van der Waals surface area contributed by atoms with Crippen molar-refractivity contribution in [2.45, 2.75) is 26.7 Å². The number of hydrogen-bond donors (Lipinski definition) is 2. The normalized spacial score (nSPS) is 10.5. The quantitative estimate of drug-likeness (QED) is 0.431. The molecular formula is C6H15NO. The molecule has 0 saturated carbocycles. The first-order valence-corrected chi connectivity index (χ1v) is 3.14. The summed E-state index contributed by atoms with van der Waals surface area (Å²) in [5.41, 5.74) is 2.12. The van der Waals surface area contributed by atoms with Crippen molar-refractivity contribution in [3.8, 4) is 0 Å². The minimum absolute atomic E-state index is 0.720. The highest BCUT2D eigenvalue weighted by molar-refractivity contribution is 4.44. The molecule has 0 radical (unpaired) electrons. The van der Waals surface area contributed by atoms with Crippen molar-refractivity contribution >= 4 is 0 Å². The molecule has 0 bridgehead atoms. The van der Waals surface area contributed by atoms with Crippen LogP contribution in [0, 0.1) is 5.92 Å². The van der Waals surface area contributed by atoms with Crippen LogP contribution in [-0.4, -0.2) is 11.8 Å². The van der Waals surface area contributed by atoms with Crippen LogP contribution < -0.4 is 5.48 Å². The van der Waals surface area contributed by atoms with Crippen LogP contribution in [0.5, 0.6) is 0 Å². The van der Waals surface area contributed by atoms with Gasteiger partial charge in [-0.15, -0.1) is 0 Å². The SMILES string of the molecule is CC(C)CCCNO. The highest BCUT2D eigenvalue weighted by Crippen LogP contribution is 2.00. The molecule has 2 heteroatoms. The van der Waals surface area contributed by atoms with E-state index in [1.54, 1.807) is 0 Å². The summed E-state index contributed by atoms with van der Waals surface area (Å²) in [6, 6.07) is 0. The Morgan fingerprint density at radius 3 is 2.50 bits per heavy atom. The van der Waals surface area contributed by atoms with Gasteiger partial charge in [0.15, 0.2) is 0 Å². The Kier molecular flexibility index (Phi) is 5.01. The van der Waals surface area contributed by atoms with Gasteiger partial charge in [-0.2, -0.15) is 0 Å². The Bertz CT molecular complexity index is 45.8. The Morgan fingerprint density at radius 1 is 1.50 bits per heavy atom. The number of hydroxylamine groups is 1. The average Bonchev–Trinajstić information content (AvgIpc) is 1.66. The molecule has 0 aromatic heterocycles. The minimum Gasteiger partial charge on any atom is -0.317 e. The molecule has 0 fully saturated rings. The third kappa shape index (κ3) is 5.92. The zero-order valence-electron chi connectivity index (χ0n) is 5.65. The molecule has 0 atom stereocenters. The topological polar surface area (TPSA) is 32.3 Å². The van der Waals surface area contributed by atoms with E-state index in [1.165, 1.54) is 6.42 Å². The number of rotatable bonds is 4. The van der Waals surface area contributed by atoms with E-state index in [4.69, 9.17) is 5.21 Å². The largest absolute Gasteiger partial charge is 0.317 e. The van der Waals surface area contributed by atoms with Gasteiger partial charge >= 0.3 is 0 Å². The summed E-state index contributed by atoms with van der Waals surface area (Å²) >= 11 is 0. The molecule has 0 rings (SSSR count). The lowest BCUT2D eigenvalue weighted by Gasteiger charge is -2.01. The summed E-state index contributed by atoms with van der Waals surface area (Å²) in [5, 5.41) is 8.13. The lowest BCUT2D eigenvalue weighted by Crippen LogP contribution is -2.09. The first-order chi connectivity index (χ1) is 3.77. The minimum atomic E-state index is 0.720. The summed E-state index contributed by atoms with van der Waals surface area (Å²) in [6.07, 6.45) is 2.25. The fourth-order valence-corrected chi connectivity index (χ4v) is 0.589. The van der Waals surface area contributed by atoms with Gasteiger partial charge in [0.05, 0.1) is 0 Å². The number of hydrogen-bond acceptors (Lipinski definition) is 2. The highest BCUT2D eigenvalue weighted by Gasteiger charge is 1.90.